The van der Waals surface area contributed by atoms with Crippen molar-refractivity contribution in [1.82, 2.24) is 9.78 Å². The molecule has 3 aromatic rings. The number of benzene rings is 2. The molecule has 0 saturated carbocycles. The lowest BCUT2D eigenvalue weighted by Crippen LogP contribution is -2.08. The highest BCUT2D eigenvalue weighted by Gasteiger charge is 2.24. The Balaban J connectivity index is 1.74. The van der Waals surface area contributed by atoms with Crippen molar-refractivity contribution in [2.24, 2.45) is 0 Å². The Morgan fingerprint density at radius 3 is 2.62 bits per heavy atom. The van der Waals surface area contributed by atoms with Crippen LogP contribution in [0.3, 0.4) is 0 Å². The molecule has 1 aliphatic heterocycles. The lowest BCUT2D eigenvalue weighted by molar-refractivity contribution is 0.414. The van der Waals surface area contributed by atoms with Crippen LogP contribution in [0.1, 0.15) is 42.1 Å². The molecule has 1 aliphatic rings. The Bertz CT molecular complexity index is 910. The number of fused-ring (bicyclic) bond motifs is 1. The molecule has 2 aromatic carbocycles. The molecule has 0 saturated heterocycles. The maximum absolute atomic E-state index is 5.26. The maximum atomic E-state index is 5.26. The number of aromatic nitrogens is 2. The Morgan fingerprint density at radius 1 is 1.12 bits per heavy atom. The number of rotatable bonds is 5. The molecule has 0 aliphatic carbocycles. The van der Waals surface area contributed by atoms with Gasteiger partial charge in [0.1, 0.15) is 11.6 Å². The number of hydrogen-bond donors (Lipinski definition) is 1. The molecule has 0 radical (unpaired) electrons. The second-order valence-corrected chi connectivity index (χ2v) is 7.10. The van der Waals surface area contributed by atoms with E-state index in [0.717, 1.165) is 36.6 Å². The van der Waals surface area contributed by atoms with E-state index in [1.807, 2.05) is 12.1 Å². The zero-order chi connectivity index (χ0) is 18.1. The van der Waals surface area contributed by atoms with Gasteiger partial charge in [-0.25, -0.2) is 4.68 Å². The average Bonchev–Trinajstić information content (AvgIpc) is 3.26. The molecule has 0 spiro atoms. The van der Waals surface area contributed by atoms with Crippen LogP contribution in [0.15, 0.2) is 48.5 Å². The SMILES string of the molecule is COc1ccc(Cc2nn(-c3ccccc3C(C)C)c3c2CCN3)cc1. The normalized spacial score (nSPS) is 12.9. The van der Waals surface area contributed by atoms with Crippen molar-refractivity contribution in [2.75, 3.05) is 19.0 Å². The number of nitrogens with zero attached hydrogens (tertiary/aromatic N) is 2. The van der Waals surface area contributed by atoms with E-state index in [1.54, 1.807) is 7.11 Å². The molecule has 1 aromatic heterocycles. The molecule has 26 heavy (non-hydrogen) atoms. The van der Waals surface area contributed by atoms with E-state index in [2.05, 4.69) is 60.2 Å². The van der Waals surface area contributed by atoms with Crippen LogP contribution in [-0.4, -0.2) is 23.4 Å². The fourth-order valence-electron chi connectivity index (χ4n) is 3.67. The van der Waals surface area contributed by atoms with Crippen LogP contribution in [0.25, 0.3) is 5.69 Å². The maximum Gasteiger partial charge on any atom is 0.133 e. The Morgan fingerprint density at radius 2 is 1.88 bits per heavy atom. The van der Waals surface area contributed by atoms with Gasteiger partial charge in [0.15, 0.2) is 0 Å². The minimum atomic E-state index is 0.456. The van der Waals surface area contributed by atoms with Gasteiger partial charge in [-0.3, -0.25) is 0 Å². The molecule has 1 N–H and O–H groups in total. The number of para-hydroxylation sites is 1. The standard InChI is InChI=1S/C22H25N3O/c1-15(2)18-6-4-5-7-21(18)25-22-19(12-13-23-22)20(24-25)14-16-8-10-17(26-3)11-9-16/h4-11,15,23H,12-14H2,1-3H3. The quantitative estimate of drug-likeness (QED) is 0.735. The smallest absolute Gasteiger partial charge is 0.133 e. The molecule has 4 heteroatoms. The van der Waals surface area contributed by atoms with Gasteiger partial charge in [-0.1, -0.05) is 44.2 Å². The number of methoxy groups -OCH3 is 1. The lowest BCUT2D eigenvalue weighted by Gasteiger charge is -2.14. The van der Waals surface area contributed by atoms with Crippen molar-refractivity contribution in [3.63, 3.8) is 0 Å². The molecule has 0 unspecified atom stereocenters. The molecular weight excluding hydrogens is 322 g/mol. The molecule has 4 nitrogen and oxygen atoms in total. The average molecular weight is 347 g/mol. The number of hydrogen-bond acceptors (Lipinski definition) is 3. The number of nitrogens with one attached hydrogen (secondary N) is 1. The molecule has 134 valence electrons. The second kappa shape index (κ2) is 6.87. The van der Waals surface area contributed by atoms with E-state index in [1.165, 1.54) is 22.4 Å². The predicted molar refractivity (Wildman–Crippen MR) is 106 cm³/mol. The fraction of sp³-hybridized carbons (Fsp3) is 0.318. The molecule has 0 fully saturated rings. The van der Waals surface area contributed by atoms with Gasteiger partial charge in [0.25, 0.3) is 0 Å². The zero-order valence-electron chi connectivity index (χ0n) is 15.6. The Kier molecular flexibility index (Phi) is 4.41. The van der Waals surface area contributed by atoms with Crippen LogP contribution >= 0.6 is 0 Å². The highest BCUT2D eigenvalue weighted by atomic mass is 16.5. The second-order valence-electron chi connectivity index (χ2n) is 7.10. The Hall–Kier alpha value is -2.75. The van der Waals surface area contributed by atoms with E-state index >= 15 is 0 Å². The van der Waals surface area contributed by atoms with Crippen LogP contribution in [0.4, 0.5) is 5.82 Å². The zero-order valence-corrected chi connectivity index (χ0v) is 15.6. The van der Waals surface area contributed by atoms with Gasteiger partial charge in [0, 0.05) is 18.5 Å². The molecular formula is C22H25N3O. The van der Waals surface area contributed by atoms with Crippen molar-refractivity contribution in [3.05, 3.63) is 70.9 Å². The van der Waals surface area contributed by atoms with E-state index in [-0.39, 0.29) is 0 Å². The fourth-order valence-corrected chi connectivity index (χ4v) is 3.67. The first-order valence-corrected chi connectivity index (χ1v) is 9.24. The van der Waals surface area contributed by atoms with Gasteiger partial charge >= 0.3 is 0 Å². The van der Waals surface area contributed by atoms with Gasteiger partial charge in [0.2, 0.25) is 0 Å². The third-order valence-corrected chi connectivity index (χ3v) is 5.05. The van der Waals surface area contributed by atoms with Crippen molar-refractivity contribution in [1.29, 1.82) is 0 Å². The van der Waals surface area contributed by atoms with Crippen LogP contribution in [-0.2, 0) is 12.8 Å². The first-order chi connectivity index (χ1) is 12.7. The third-order valence-electron chi connectivity index (χ3n) is 5.05. The van der Waals surface area contributed by atoms with E-state index in [0.29, 0.717) is 5.92 Å². The first kappa shape index (κ1) is 16.7. The first-order valence-electron chi connectivity index (χ1n) is 9.24. The minimum absolute atomic E-state index is 0.456. The minimum Gasteiger partial charge on any atom is -0.497 e. The summed E-state index contributed by atoms with van der Waals surface area (Å²) in [7, 11) is 1.70. The summed E-state index contributed by atoms with van der Waals surface area (Å²) in [5, 5.41) is 8.54. The topological polar surface area (TPSA) is 39.1 Å². The number of anilines is 1. The predicted octanol–water partition coefficient (Wildman–Crippen LogP) is 4.56. The van der Waals surface area contributed by atoms with Gasteiger partial charge in [-0.05, 0) is 41.7 Å². The molecule has 4 rings (SSSR count). The van der Waals surface area contributed by atoms with Crippen molar-refractivity contribution >= 4 is 5.82 Å². The van der Waals surface area contributed by atoms with Gasteiger partial charge in [-0.2, -0.15) is 5.10 Å². The highest BCUT2D eigenvalue weighted by molar-refractivity contribution is 5.59. The summed E-state index contributed by atoms with van der Waals surface area (Å²) < 4.78 is 7.37. The number of ether oxygens (including phenoxy) is 1. The van der Waals surface area contributed by atoms with Crippen LogP contribution in [0.2, 0.25) is 0 Å². The van der Waals surface area contributed by atoms with E-state index in [9.17, 15) is 0 Å². The summed E-state index contributed by atoms with van der Waals surface area (Å²) in [5.41, 5.74) is 6.26. The molecule has 2 heterocycles. The van der Waals surface area contributed by atoms with Crippen molar-refractivity contribution in [2.45, 2.75) is 32.6 Å². The monoisotopic (exact) mass is 347 g/mol. The third kappa shape index (κ3) is 2.96. The molecule has 0 amide bonds. The summed E-state index contributed by atoms with van der Waals surface area (Å²) in [4.78, 5) is 0. The van der Waals surface area contributed by atoms with Crippen LogP contribution in [0.5, 0.6) is 5.75 Å². The van der Waals surface area contributed by atoms with Crippen LogP contribution < -0.4 is 10.1 Å². The van der Waals surface area contributed by atoms with Gasteiger partial charge in [0.05, 0.1) is 18.5 Å². The summed E-state index contributed by atoms with van der Waals surface area (Å²) in [6.45, 7) is 5.44. The summed E-state index contributed by atoms with van der Waals surface area (Å²) in [6, 6.07) is 16.8. The highest BCUT2D eigenvalue weighted by Crippen LogP contribution is 2.33. The van der Waals surface area contributed by atoms with Gasteiger partial charge < -0.3 is 10.1 Å². The largest absolute Gasteiger partial charge is 0.497 e. The van der Waals surface area contributed by atoms with Crippen molar-refractivity contribution in [3.8, 4) is 11.4 Å². The van der Waals surface area contributed by atoms with Crippen LogP contribution in [0, 0.1) is 0 Å². The van der Waals surface area contributed by atoms with Crippen molar-refractivity contribution < 1.29 is 4.74 Å². The summed E-state index contributed by atoms with van der Waals surface area (Å²) in [5.74, 6) is 2.50. The van der Waals surface area contributed by atoms with E-state index in [4.69, 9.17) is 9.84 Å². The van der Waals surface area contributed by atoms with Gasteiger partial charge in [-0.15, -0.1) is 0 Å². The Labute approximate surface area is 154 Å². The molecule has 0 bridgehead atoms. The van der Waals surface area contributed by atoms with E-state index < -0.39 is 0 Å². The molecule has 0 atom stereocenters. The summed E-state index contributed by atoms with van der Waals surface area (Å²) in [6.07, 6.45) is 1.87. The summed E-state index contributed by atoms with van der Waals surface area (Å²) >= 11 is 0. The lowest BCUT2D eigenvalue weighted by atomic mass is 10.0.